The molecule has 150 valence electrons. The SMILES string of the molecule is CN(C)c1ccc(C(=O)N2CCN(S(=O)(=O)c3cc(F)ccc3F)CC2)cc1. The third-order valence-electron chi connectivity index (χ3n) is 4.67. The van der Waals surface area contributed by atoms with Crippen molar-refractivity contribution in [2.75, 3.05) is 45.2 Å². The number of halogens is 2. The molecule has 2 aromatic rings. The highest BCUT2D eigenvalue weighted by molar-refractivity contribution is 7.89. The van der Waals surface area contributed by atoms with Gasteiger partial charge >= 0.3 is 0 Å². The van der Waals surface area contributed by atoms with Gasteiger partial charge in [-0.15, -0.1) is 0 Å². The Balaban J connectivity index is 1.70. The van der Waals surface area contributed by atoms with Crippen molar-refractivity contribution in [3.63, 3.8) is 0 Å². The Labute approximate surface area is 163 Å². The molecule has 9 heteroatoms. The highest BCUT2D eigenvalue weighted by Crippen LogP contribution is 2.22. The Hall–Kier alpha value is -2.52. The summed E-state index contributed by atoms with van der Waals surface area (Å²) in [6.07, 6.45) is 0. The number of carbonyl (C=O) groups excluding carboxylic acids is 1. The molecule has 0 saturated carbocycles. The van der Waals surface area contributed by atoms with Gasteiger partial charge in [-0.3, -0.25) is 4.79 Å². The number of piperazine rings is 1. The normalized spacial score (nSPS) is 15.5. The highest BCUT2D eigenvalue weighted by atomic mass is 32.2. The average molecular weight is 409 g/mol. The molecule has 0 bridgehead atoms. The van der Waals surface area contributed by atoms with E-state index in [-0.39, 0.29) is 32.1 Å². The van der Waals surface area contributed by atoms with Crippen molar-refractivity contribution in [3.05, 3.63) is 59.7 Å². The van der Waals surface area contributed by atoms with Crippen molar-refractivity contribution in [1.82, 2.24) is 9.21 Å². The fraction of sp³-hybridized carbons (Fsp3) is 0.316. The number of hydrogen-bond acceptors (Lipinski definition) is 4. The lowest BCUT2D eigenvalue weighted by atomic mass is 10.1. The largest absolute Gasteiger partial charge is 0.378 e. The summed E-state index contributed by atoms with van der Waals surface area (Å²) in [6.45, 7) is 0.370. The maximum absolute atomic E-state index is 13.9. The maximum Gasteiger partial charge on any atom is 0.253 e. The van der Waals surface area contributed by atoms with Crippen molar-refractivity contribution < 1.29 is 22.0 Å². The quantitative estimate of drug-likeness (QED) is 0.777. The van der Waals surface area contributed by atoms with Gasteiger partial charge in [-0.05, 0) is 42.5 Å². The maximum atomic E-state index is 13.9. The van der Waals surface area contributed by atoms with E-state index in [0.29, 0.717) is 11.6 Å². The van der Waals surface area contributed by atoms with Crippen LogP contribution in [-0.2, 0) is 10.0 Å². The van der Waals surface area contributed by atoms with E-state index in [4.69, 9.17) is 0 Å². The highest BCUT2D eigenvalue weighted by Gasteiger charge is 2.32. The fourth-order valence-electron chi connectivity index (χ4n) is 3.03. The third-order valence-corrected chi connectivity index (χ3v) is 6.58. The Kier molecular flexibility index (Phi) is 5.66. The molecule has 28 heavy (non-hydrogen) atoms. The molecular formula is C19H21F2N3O3S. The monoisotopic (exact) mass is 409 g/mol. The summed E-state index contributed by atoms with van der Waals surface area (Å²) in [5.41, 5.74) is 1.47. The first kappa shape index (κ1) is 20.2. The Morgan fingerprint density at radius 3 is 2.14 bits per heavy atom. The molecule has 0 unspecified atom stereocenters. The fourth-order valence-corrected chi connectivity index (χ4v) is 4.53. The molecule has 3 rings (SSSR count). The van der Waals surface area contributed by atoms with Gasteiger partial charge < -0.3 is 9.80 Å². The van der Waals surface area contributed by atoms with E-state index >= 15 is 0 Å². The number of nitrogens with zero attached hydrogens (tertiary/aromatic N) is 3. The van der Waals surface area contributed by atoms with E-state index < -0.39 is 26.6 Å². The van der Waals surface area contributed by atoms with Gasteiger partial charge in [-0.1, -0.05) is 0 Å². The van der Waals surface area contributed by atoms with Crippen LogP contribution in [0.2, 0.25) is 0 Å². The lowest BCUT2D eigenvalue weighted by Crippen LogP contribution is -2.50. The zero-order chi connectivity index (χ0) is 20.5. The topological polar surface area (TPSA) is 60.9 Å². The minimum Gasteiger partial charge on any atom is -0.378 e. The summed E-state index contributed by atoms with van der Waals surface area (Å²) in [6, 6.07) is 9.45. The summed E-state index contributed by atoms with van der Waals surface area (Å²) in [5.74, 6) is -2.02. The van der Waals surface area contributed by atoms with Crippen LogP contribution < -0.4 is 4.90 Å². The standard InChI is InChI=1S/C19H21F2N3O3S/c1-22(2)16-6-3-14(4-7-16)19(25)23-9-11-24(12-10-23)28(26,27)18-13-15(20)5-8-17(18)21/h3-8,13H,9-12H2,1-2H3. The molecule has 1 fully saturated rings. The molecule has 1 saturated heterocycles. The van der Waals surface area contributed by atoms with Crippen LogP contribution >= 0.6 is 0 Å². The lowest BCUT2D eigenvalue weighted by molar-refractivity contribution is 0.0697. The second-order valence-electron chi connectivity index (χ2n) is 6.71. The first-order valence-corrected chi connectivity index (χ1v) is 10.2. The van der Waals surface area contributed by atoms with E-state index in [1.165, 1.54) is 0 Å². The number of rotatable bonds is 4. The zero-order valence-electron chi connectivity index (χ0n) is 15.6. The van der Waals surface area contributed by atoms with Gasteiger partial charge in [-0.2, -0.15) is 4.31 Å². The van der Waals surface area contributed by atoms with Crippen molar-refractivity contribution >= 4 is 21.6 Å². The first-order chi connectivity index (χ1) is 13.2. The molecule has 6 nitrogen and oxygen atoms in total. The Morgan fingerprint density at radius 2 is 1.57 bits per heavy atom. The summed E-state index contributed by atoms with van der Waals surface area (Å²) >= 11 is 0. The predicted octanol–water partition coefficient (Wildman–Crippen LogP) is 2.18. The molecule has 2 aromatic carbocycles. The smallest absolute Gasteiger partial charge is 0.253 e. The van der Waals surface area contributed by atoms with Gasteiger partial charge in [0, 0.05) is 51.5 Å². The first-order valence-electron chi connectivity index (χ1n) is 8.72. The van der Waals surface area contributed by atoms with Crippen LogP contribution in [0.1, 0.15) is 10.4 Å². The third kappa shape index (κ3) is 4.00. The minimum absolute atomic E-state index is 0.0137. The van der Waals surface area contributed by atoms with Crippen molar-refractivity contribution in [2.45, 2.75) is 4.90 Å². The number of amides is 1. The average Bonchev–Trinajstić information content (AvgIpc) is 2.69. The molecule has 0 spiro atoms. The summed E-state index contributed by atoms with van der Waals surface area (Å²) in [4.78, 5) is 15.4. The van der Waals surface area contributed by atoms with Gasteiger partial charge in [0.25, 0.3) is 5.91 Å². The van der Waals surface area contributed by atoms with Crippen LogP contribution in [0, 0.1) is 11.6 Å². The number of benzene rings is 2. The molecule has 1 aliphatic rings. The number of sulfonamides is 1. The van der Waals surface area contributed by atoms with E-state index in [2.05, 4.69) is 0 Å². The van der Waals surface area contributed by atoms with Crippen LogP contribution in [0.25, 0.3) is 0 Å². The van der Waals surface area contributed by atoms with Gasteiger partial charge in [-0.25, -0.2) is 17.2 Å². The summed E-state index contributed by atoms with van der Waals surface area (Å²) in [7, 11) is -0.368. The molecular weight excluding hydrogens is 388 g/mol. The Bertz CT molecular complexity index is 970. The van der Waals surface area contributed by atoms with Crippen molar-refractivity contribution in [3.8, 4) is 0 Å². The minimum atomic E-state index is -4.17. The molecule has 1 heterocycles. The molecule has 1 aliphatic heterocycles. The molecule has 0 aromatic heterocycles. The van der Waals surface area contributed by atoms with E-state index in [1.807, 2.05) is 31.1 Å². The van der Waals surface area contributed by atoms with E-state index in [1.54, 1.807) is 17.0 Å². The molecule has 1 amide bonds. The van der Waals surface area contributed by atoms with Crippen LogP contribution in [0.15, 0.2) is 47.4 Å². The summed E-state index contributed by atoms with van der Waals surface area (Å²) in [5, 5.41) is 0. The number of anilines is 1. The van der Waals surface area contributed by atoms with Crippen molar-refractivity contribution in [1.29, 1.82) is 0 Å². The predicted molar refractivity (Wildman–Crippen MR) is 102 cm³/mol. The number of hydrogen-bond donors (Lipinski definition) is 0. The molecule has 0 radical (unpaired) electrons. The van der Waals surface area contributed by atoms with Gasteiger partial charge in [0.15, 0.2) is 0 Å². The van der Waals surface area contributed by atoms with Gasteiger partial charge in [0.05, 0.1) is 0 Å². The Morgan fingerprint density at radius 1 is 0.964 bits per heavy atom. The van der Waals surface area contributed by atoms with Crippen LogP contribution in [0.4, 0.5) is 14.5 Å². The molecule has 0 N–H and O–H groups in total. The van der Waals surface area contributed by atoms with Crippen LogP contribution in [-0.4, -0.2) is 63.8 Å². The number of carbonyl (C=O) groups is 1. The van der Waals surface area contributed by atoms with E-state index in [9.17, 15) is 22.0 Å². The van der Waals surface area contributed by atoms with Crippen LogP contribution in [0.3, 0.4) is 0 Å². The molecule has 0 aliphatic carbocycles. The van der Waals surface area contributed by atoms with Crippen LogP contribution in [0.5, 0.6) is 0 Å². The zero-order valence-corrected chi connectivity index (χ0v) is 16.4. The van der Waals surface area contributed by atoms with Crippen molar-refractivity contribution in [2.24, 2.45) is 0 Å². The second kappa shape index (κ2) is 7.84. The van der Waals surface area contributed by atoms with E-state index in [0.717, 1.165) is 22.1 Å². The second-order valence-corrected chi connectivity index (χ2v) is 8.62. The van der Waals surface area contributed by atoms with Gasteiger partial charge in [0.1, 0.15) is 16.5 Å². The summed E-state index contributed by atoms with van der Waals surface area (Å²) < 4.78 is 53.6. The van der Waals surface area contributed by atoms with Gasteiger partial charge in [0.2, 0.25) is 10.0 Å². The molecule has 0 atom stereocenters. The lowest BCUT2D eigenvalue weighted by Gasteiger charge is -2.34.